The lowest BCUT2D eigenvalue weighted by molar-refractivity contribution is -0.117. The SMILES string of the molecule is COCCN(CCC(N)=S)CC(=O)Nc1ccccc1C. The molecule has 0 fully saturated rings. The van der Waals surface area contributed by atoms with E-state index in [2.05, 4.69) is 5.32 Å². The Morgan fingerprint density at radius 1 is 1.38 bits per heavy atom. The van der Waals surface area contributed by atoms with Gasteiger partial charge in [0, 0.05) is 32.3 Å². The summed E-state index contributed by atoms with van der Waals surface area (Å²) in [5.74, 6) is -0.0525. The predicted molar refractivity (Wildman–Crippen MR) is 89.5 cm³/mol. The summed E-state index contributed by atoms with van der Waals surface area (Å²) >= 11 is 4.88. The number of thiocarbonyl (C=S) groups is 1. The molecule has 5 nitrogen and oxygen atoms in total. The summed E-state index contributed by atoms with van der Waals surface area (Å²) in [6.07, 6.45) is 0.594. The molecule has 0 aliphatic carbocycles. The maximum absolute atomic E-state index is 12.1. The molecule has 1 aromatic carbocycles. The third-order valence-corrected chi connectivity index (χ3v) is 3.28. The van der Waals surface area contributed by atoms with Crippen LogP contribution >= 0.6 is 12.2 Å². The van der Waals surface area contributed by atoms with Gasteiger partial charge in [0.15, 0.2) is 0 Å². The molecule has 6 heteroatoms. The molecule has 21 heavy (non-hydrogen) atoms. The average molecular weight is 309 g/mol. The molecule has 116 valence electrons. The van der Waals surface area contributed by atoms with Gasteiger partial charge in [-0.15, -0.1) is 0 Å². The van der Waals surface area contributed by atoms with Crippen LogP contribution < -0.4 is 11.1 Å². The molecule has 0 saturated heterocycles. The Bertz CT molecular complexity index is 480. The first-order valence-electron chi connectivity index (χ1n) is 6.88. The number of nitrogens with zero attached hydrogens (tertiary/aromatic N) is 1. The summed E-state index contributed by atoms with van der Waals surface area (Å²) in [4.78, 5) is 14.6. The molecule has 3 N–H and O–H groups in total. The van der Waals surface area contributed by atoms with E-state index >= 15 is 0 Å². The molecule has 1 rings (SSSR count). The molecule has 1 amide bonds. The van der Waals surface area contributed by atoms with Gasteiger partial charge in [0.05, 0.1) is 18.1 Å². The highest BCUT2D eigenvalue weighted by Gasteiger charge is 2.11. The number of para-hydroxylation sites is 1. The van der Waals surface area contributed by atoms with E-state index in [-0.39, 0.29) is 5.91 Å². The summed E-state index contributed by atoms with van der Waals surface area (Å²) < 4.78 is 5.06. The van der Waals surface area contributed by atoms with Gasteiger partial charge in [-0.2, -0.15) is 0 Å². The third-order valence-electron chi connectivity index (χ3n) is 3.07. The number of hydrogen-bond donors (Lipinski definition) is 2. The van der Waals surface area contributed by atoms with Crippen LogP contribution in [0.5, 0.6) is 0 Å². The summed E-state index contributed by atoms with van der Waals surface area (Å²) in [6, 6.07) is 7.70. The van der Waals surface area contributed by atoms with Crippen LogP contribution in [0.1, 0.15) is 12.0 Å². The molecular weight excluding hydrogens is 286 g/mol. The number of benzene rings is 1. The second-order valence-electron chi connectivity index (χ2n) is 4.85. The zero-order valence-corrected chi connectivity index (χ0v) is 13.4. The number of nitrogens with one attached hydrogen (secondary N) is 1. The highest BCUT2D eigenvalue weighted by Crippen LogP contribution is 2.12. The number of rotatable bonds is 9. The number of nitrogens with two attached hydrogens (primary N) is 1. The molecule has 0 radical (unpaired) electrons. The number of aryl methyl sites for hydroxylation is 1. The van der Waals surface area contributed by atoms with Crippen molar-refractivity contribution in [3.8, 4) is 0 Å². The number of anilines is 1. The number of methoxy groups -OCH3 is 1. The molecular formula is C15H23N3O2S. The van der Waals surface area contributed by atoms with Gasteiger partial charge in [0.2, 0.25) is 5.91 Å². The lowest BCUT2D eigenvalue weighted by atomic mass is 10.2. The Kier molecular flexibility index (Phi) is 7.89. The number of carbonyl (C=O) groups is 1. The van der Waals surface area contributed by atoms with E-state index in [0.29, 0.717) is 37.7 Å². The fraction of sp³-hybridized carbons (Fsp3) is 0.467. The minimum atomic E-state index is -0.0525. The summed E-state index contributed by atoms with van der Waals surface area (Å²) in [6.45, 7) is 4.14. The van der Waals surface area contributed by atoms with Crippen LogP contribution in [0, 0.1) is 6.92 Å². The maximum atomic E-state index is 12.1. The minimum Gasteiger partial charge on any atom is -0.393 e. The lowest BCUT2D eigenvalue weighted by Crippen LogP contribution is -2.37. The van der Waals surface area contributed by atoms with Crippen LogP contribution in [0.3, 0.4) is 0 Å². The zero-order chi connectivity index (χ0) is 15.7. The van der Waals surface area contributed by atoms with E-state index < -0.39 is 0 Å². The molecule has 0 aromatic heterocycles. The van der Waals surface area contributed by atoms with Crippen molar-refractivity contribution in [3.05, 3.63) is 29.8 Å². The van der Waals surface area contributed by atoms with Gasteiger partial charge in [-0.3, -0.25) is 9.69 Å². The number of amides is 1. The first-order valence-corrected chi connectivity index (χ1v) is 7.29. The highest BCUT2D eigenvalue weighted by atomic mass is 32.1. The first kappa shape index (κ1) is 17.6. The summed E-state index contributed by atoms with van der Waals surface area (Å²) in [7, 11) is 1.64. The molecule has 0 atom stereocenters. The Balaban J connectivity index is 2.54. The van der Waals surface area contributed by atoms with Gasteiger partial charge < -0.3 is 15.8 Å². The Labute approximate surface area is 131 Å². The molecule has 1 aromatic rings. The second-order valence-corrected chi connectivity index (χ2v) is 5.37. The normalized spacial score (nSPS) is 10.6. The van der Waals surface area contributed by atoms with Crippen molar-refractivity contribution in [2.45, 2.75) is 13.3 Å². The topological polar surface area (TPSA) is 67.6 Å². The van der Waals surface area contributed by atoms with E-state index in [0.717, 1.165) is 11.3 Å². The summed E-state index contributed by atoms with van der Waals surface area (Å²) in [5, 5.41) is 2.92. The van der Waals surface area contributed by atoms with Gasteiger partial charge in [-0.05, 0) is 18.6 Å². The Morgan fingerprint density at radius 2 is 2.10 bits per heavy atom. The van der Waals surface area contributed by atoms with Crippen LogP contribution in [0.25, 0.3) is 0 Å². The van der Waals surface area contributed by atoms with Crippen LogP contribution in [-0.4, -0.2) is 49.1 Å². The van der Waals surface area contributed by atoms with Crippen molar-refractivity contribution in [1.82, 2.24) is 4.90 Å². The van der Waals surface area contributed by atoms with E-state index in [9.17, 15) is 4.79 Å². The van der Waals surface area contributed by atoms with Gasteiger partial charge in [0.1, 0.15) is 0 Å². The van der Waals surface area contributed by atoms with E-state index in [1.54, 1.807) is 7.11 Å². The number of ether oxygens (including phenoxy) is 1. The monoisotopic (exact) mass is 309 g/mol. The van der Waals surface area contributed by atoms with Gasteiger partial charge >= 0.3 is 0 Å². The molecule has 0 unspecified atom stereocenters. The van der Waals surface area contributed by atoms with E-state index in [4.69, 9.17) is 22.7 Å². The molecule has 0 bridgehead atoms. The second kappa shape index (κ2) is 9.44. The van der Waals surface area contributed by atoms with Crippen molar-refractivity contribution in [1.29, 1.82) is 0 Å². The van der Waals surface area contributed by atoms with Gasteiger partial charge in [-0.25, -0.2) is 0 Å². The first-order chi connectivity index (χ1) is 10.0. The molecule has 0 aliphatic rings. The smallest absolute Gasteiger partial charge is 0.238 e. The predicted octanol–water partition coefficient (Wildman–Crippen LogP) is 1.56. The van der Waals surface area contributed by atoms with Gasteiger partial charge in [0.25, 0.3) is 0 Å². The molecule has 0 saturated carbocycles. The quantitative estimate of drug-likeness (QED) is 0.678. The fourth-order valence-electron chi connectivity index (χ4n) is 1.86. The molecule has 0 aliphatic heterocycles. The van der Waals surface area contributed by atoms with Crippen molar-refractivity contribution >= 4 is 28.8 Å². The number of hydrogen-bond acceptors (Lipinski definition) is 4. The third kappa shape index (κ3) is 7.17. The fourth-order valence-corrected chi connectivity index (χ4v) is 1.96. The largest absolute Gasteiger partial charge is 0.393 e. The Morgan fingerprint density at radius 3 is 2.71 bits per heavy atom. The average Bonchev–Trinajstić information content (AvgIpc) is 2.44. The highest BCUT2D eigenvalue weighted by molar-refractivity contribution is 7.80. The van der Waals surface area contributed by atoms with Crippen molar-refractivity contribution in [3.63, 3.8) is 0 Å². The van der Waals surface area contributed by atoms with Crippen molar-refractivity contribution in [2.24, 2.45) is 5.73 Å². The lowest BCUT2D eigenvalue weighted by Gasteiger charge is -2.21. The Hall–Kier alpha value is -1.50. The van der Waals surface area contributed by atoms with Gasteiger partial charge in [-0.1, -0.05) is 30.4 Å². The zero-order valence-electron chi connectivity index (χ0n) is 12.6. The van der Waals surface area contributed by atoms with Crippen LogP contribution in [0.15, 0.2) is 24.3 Å². The van der Waals surface area contributed by atoms with Crippen LogP contribution in [-0.2, 0) is 9.53 Å². The van der Waals surface area contributed by atoms with Crippen LogP contribution in [0.4, 0.5) is 5.69 Å². The molecule has 0 spiro atoms. The minimum absolute atomic E-state index is 0.0525. The van der Waals surface area contributed by atoms with Crippen molar-refractivity contribution in [2.75, 3.05) is 38.7 Å². The van der Waals surface area contributed by atoms with Crippen LogP contribution in [0.2, 0.25) is 0 Å². The number of carbonyl (C=O) groups excluding carboxylic acids is 1. The van der Waals surface area contributed by atoms with E-state index in [1.165, 1.54) is 0 Å². The molecule has 0 heterocycles. The van der Waals surface area contributed by atoms with E-state index in [1.807, 2.05) is 36.1 Å². The standard InChI is InChI=1S/C15H23N3O2S/c1-12-5-3-4-6-13(12)17-15(19)11-18(9-10-20-2)8-7-14(16)21/h3-6H,7-11H2,1-2H3,(H2,16,21)(H,17,19). The maximum Gasteiger partial charge on any atom is 0.238 e. The van der Waals surface area contributed by atoms with Crippen molar-refractivity contribution < 1.29 is 9.53 Å². The summed E-state index contributed by atoms with van der Waals surface area (Å²) in [5.41, 5.74) is 7.39.